The first-order chi connectivity index (χ1) is 7.00. The van der Waals surface area contributed by atoms with Crippen LogP contribution < -0.4 is 0 Å². The molecule has 2 aromatic rings. The lowest BCUT2D eigenvalue weighted by Crippen LogP contribution is -1.99. The van der Waals surface area contributed by atoms with Crippen LogP contribution in [-0.2, 0) is 7.05 Å². The third-order valence-corrected chi connectivity index (χ3v) is 2.90. The second-order valence-corrected chi connectivity index (χ2v) is 4.47. The van der Waals surface area contributed by atoms with Crippen molar-refractivity contribution < 1.29 is 0 Å². The number of imidazole rings is 1. The van der Waals surface area contributed by atoms with E-state index < -0.39 is 0 Å². The Hall–Kier alpha value is -1.09. The van der Waals surface area contributed by atoms with Crippen LogP contribution in [-0.4, -0.2) is 14.5 Å². The number of fused-ring (bicyclic) bond motifs is 1. The van der Waals surface area contributed by atoms with Crippen molar-refractivity contribution in [3.05, 3.63) is 22.6 Å². The lowest BCUT2D eigenvalue weighted by atomic mass is 10.0. The number of rotatable bonds is 1. The van der Waals surface area contributed by atoms with Crippen molar-refractivity contribution in [1.82, 2.24) is 14.5 Å². The van der Waals surface area contributed by atoms with Gasteiger partial charge in [-0.05, 0) is 36.1 Å². The Balaban J connectivity index is 2.77. The quantitative estimate of drug-likeness (QED) is 0.744. The Morgan fingerprint density at radius 2 is 2.00 bits per heavy atom. The molecule has 2 aromatic heterocycles. The summed E-state index contributed by atoms with van der Waals surface area (Å²) in [6, 6.07) is 2.05. The van der Waals surface area contributed by atoms with Crippen LogP contribution in [0.25, 0.3) is 11.2 Å². The first kappa shape index (κ1) is 10.4. The molecule has 0 aliphatic heterocycles. The molecule has 15 heavy (non-hydrogen) atoms. The van der Waals surface area contributed by atoms with Crippen molar-refractivity contribution in [1.29, 1.82) is 0 Å². The van der Waals surface area contributed by atoms with Crippen LogP contribution in [0.15, 0.2) is 6.07 Å². The molecule has 0 bridgehead atoms. The molecular weight excluding hydrogens is 210 g/mol. The van der Waals surface area contributed by atoms with Crippen LogP contribution in [0.2, 0.25) is 5.28 Å². The van der Waals surface area contributed by atoms with Gasteiger partial charge in [0.25, 0.3) is 0 Å². The predicted octanol–water partition coefficient (Wildman–Crippen LogP) is 3.05. The van der Waals surface area contributed by atoms with E-state index >= 15 is 0 Å². The summed E-state index contributed by atoms with van der Waals surface area (Å²) in [6.07, 6.45) is 0. The molecule has 0 spiro atoms. The Kier molecular flexibility index (Phi) is 2.43. The van der Waals surface area contributed by atoms with E-state index in [0.29, 0.717) is 11.2 Å². The molecular formula is C11H14ClN3. The molecule has 4 heteroatoms. The number of aromatic nitrogens is 3. The molecule has 0 aromatic carbocycles. The zero-order valence-electron chi connectivity index (χ0n) is 9.37. The number of aryl methyl sites for hydroxylation is 2. The summed E-state index contributed by atoms with van der Waals surface area (Å²) in [6.45, 7) is 6.34. The normalized spacial score (nSPS) is 11.6. The second kappa shape index (κ2) is 3.49. The van der Waals surface area contributed by atoms with Crippen molar-refractivity contribution in [3.8, 4) is 0 Å². The molecule has 2 rings (SSSR count). The summed E-state index contributed by atoms with van der Waals surface area (Å²) < 4.78 is 1.81. The molecule has 0 N–H and O–H groups in total. The van der Waals surface area contributed by atoms with Gasteiger partial charge in [0.05, 0.1) is 0 Å². The van der Waals surface area contributed by atoms with E-state index in [2.05, 4.69) is 30.7 Å². The van der Waals surface area contributed by atoms with Crippen LogP contribution in [0.3, 0.4) is 0 Å². The molecule has 0 fully saturated rings. The first-order valence-corrected chi connectivity index (χ1v) is 5.38. The van der Waals surface area contributed by atoms with Gasteiger partial charge in [0.1, 0.15) is 5.52 Å². The first-order valence-electron chi connectivity index (χ1n) is 5.00. The van der Waals surface area contributed by atoms with Crippen molar-refractivity contribution in [3.63, 3.8) is 0 Å². The van der Waals surface area contributed by atoms with Gasteiger partial charge in [0.2, 0.25) is 5.28 Å². The number of nitrogens with zero attached hydrogens (tertiary/aromatic N) is 3. The average molecular weight is 224 g/mol. The zero-order chi connectivity index (χ0) is 11.2. The third-order valence-electron chi connectivity index (χ3n) is 2.57. The maximum atomic E-state index is 5.95. The summed E-state index contributed by atoms with van der Waals surface area (Å²) in [5.74, 6) is 0.420. The third kappa shape index (κ3) is 1.61. The summed E-state index contributed by atoms with van der Waals surface area (Å²) in [4.78, 5) is 8.85. The van der Waals surface area contributed by atoms with Gasteiger partial charge in [-0.2, -0.15) is 0 Å². The molecule has 0 amide bonds. The fourth-order valence-electron chi connectivity index (χ4n) is 1.78. The number of pyridine rings is 1. The van der Waals surface area contributed by atoms with Gasteiger partial charge in [-0.25, -0.2) is 9.97 Å². The van der Waals surface area contributed by atoms with Crippen molar-refractivity contribution in [2.75, 3.05) is 0 Å². The maximum Gasteiger partial charge on any atom is 0.204 e. The fourth-order valence-corrected chi connectivity index (χ4v) is 1.95. The molecule has 0 radical (unpaired) electrons. The molecule has 80 valence electrons. The monoisotopic (exact) mass is 223 g/mol. The van der Waals surface area contributed by atoms with Gasteiger partial charge in [-0.1, -0.05) is 13.8 Å². The smallest absolute Gasteiger partial charge is 0.204 e. The molecule has 0 aliphatic rings. The molecule has 0 unspecified atom stereocenters. The molecule has 0 saturated heterocycles. The van der Waals surface area contributed by atoms with E-state index in [1.807, 2.05) is 17.7 Å². The van der Waals surface area contributed by atoms with Crippen LogP contribution in [0.1, 0.15) is 31.0 Å². The molecule has 0 aliphatic carbocycles. The number of halogens is 1. The minimum Gasteiger partial charge on any atom is -0.302 e. The number of hydrogen-bond donors (Lipinski definition) is 0. The highest BCUT2D eigenvalue weighted by molar-refractivity contribution is 6.29. The van der Waals surface area contributed by atoms with Crippen molar-refractivity contribution >= 4 is 22.8 Å². The van der Waals surface area contributed by atoms with E-state index in [0.717, 1.165) is 16.9 Å². The summed E-state index contributed by atoms with van der Waals surface area (Å²) >= 11 is 5.95. The van der Waals surface area contributed by atoms with Gasteiger partial charge >= 0.3 is 0 Å². The van der Waals surface area contributed by atoms with Crippen LogP contribution in [0.4, 0.5) is 0 Å². The van der Waals surface area contributed by atoms with E-state index in [9.17, 15) is 0 Å². The van der Waals surface area contributed by atoms with Crippen LogP contribution >= 0.6 is 11.6 Å². The topological polar surface area (TPSA) is 30.7 Å². The predicted molar refractivity (Wildman–Crippen MR) is 62.3 cm³/mol. The van der Waals surface area contributed by atoms with E-state index in [-0.39, 0.29) is 0 Å². The lowest BCUT2D eigenvalue weighted by Gasteiger charge is -2.08. The van der Waals surface area contributed by atoms with Gasteiger partial charge in [-0.15, -0.1) is 0 Å². The minimum atomic E-state index is 0.420. The highest BCUT2D eigenvalue weighted by Gasteiger charge is 2.12. The number of hydrogen-bond acceptors (Lipinski definition) is 2. The van der Waals surface area contributed by atoms with Gasteiger partial charge in [0.15, 0.2) is 5.65 Å². The van der Waals surface area contributed by atoms with Crippen LogP contribution in [0, 0.1) is 6.92 Å². The summed E-state index contributed by atoms with van der Waals surface area (Å²) in [5, 5.41) is 0.484. The highest BCUT2D eigenvalue weighted by Crippen LogP contribution is 2.23. The van der Waals surface area contributed by atoms with E-state index in [1.165, 1.54) is 5.56 Å². The standard InChI is InChI=1S/C11H14ClN3/c1-6(2)9-7(3)5-8-10(14-9)15(4)11(12)13-8/h5-6H,1-4H3. The van der Waals surface area contributed by atoms with Crippen molar-refractivity contribution in [2.24, 2.45) is 7.05 Å². The SMILES string of the molecule is Cc1cc2nc(Cl)n(C)c2nc1C(C)C. The maximum absolute atomic E-state index is 5.95. The summed E-state index contributed by atoms with van der Waals surface area (Å²) in [5.41, 5.74) is 4.01. The van der Waals surface area contributed by atoms with Crippen LogP contribution in [0.5, 0.6) is 0 Å². The Morgan fingerprint density at radius 3 is 2.60 bits per heavy atom. The molecule has 2 heterocycles. The summed E-state index contributed by atoms with van der Waals surface area (Å²) in [7, 11) is 1.88. The molecule has 0 saturated carbocycles. The largest absolute Gasteiger partial charge is 0.302 e. The minimum absolute atomic E-state index is 0.420. The second-order valence-electron chi connectivity index (χ2n) is 4.13. The fraction of sp³-hybridized carbons (Fsp3) is 0.455. The van der Waals surface area contributed by atoms with E-state index in [4.69, 9.17) is 11.6 Å². The van der Waals surface area contributed by atoms with Gasteiger partial charge in [0, 0.05) is 12.7 Å². The van der Waals surface area contributed by atoms with Gasteiger partial charge in [-0.3, -0.25) is 0 Å². The lowest BCUT2D eigenvalue weighted by molar-refractivity contribution is 0.809. The average Bonchev–Trinajstić information content (AvgIpc) is 2.41. The van der Waals surface area contributed by atoms with Crippen molar-refractivity contribution in [2.45, 2.75) is 26.7 Å². The zero-order valence-corrected chi connectivity index (χ0v) is 10.1. The van der Waals surface area contributed by atoms with E-state index in [1.54, 1.807) is 0 Å². The Morgan fingerprint density at radius 1 is 1.33 bits per heavy atom. The molecule has 0 atom stereocenters. The van der Waals surface area contributed by atoms with Gasteiger partial charge < -0.3 is 4.57 Å². The highest BCUT2D eigenvalue weighted by atomic mass is 35.5. The Bertz CT molecular complexity index is 514. The molecule has 3 nitrogen and oxygen atoms in total. The Labute approximate surface area is 94.1 Å².